The summed E-state index contributed by atoms with van der Waals surface area (Å²) in [7, 11) is 0. The largest absolute Gasteiger partial charge is 0.493 e. The number of para-hydroxylation sites is 1. The second kappa shape index (κ2) is 8.04. The number of carboxylic acids is 1. The molecular formula is C21H23NO4. The Labute approximate surface area is 153 Å². The van der Waals surface area contributed by atoms with Crippen molar-refractivity contribution in [3.63, 3.8) is 0 Å². The molecule has 1 aliphatic heterocycles. The minimum absolute atomic E-state index is 0.113. The van der Waals surface area contributed by atoms with E-state index < -0.39 is 11.9 Å². The molecule has 1 aliphatic rings. The molecule has 0 bridgehead atoms. The number of fused-ring (bicyclic) bond motifs is 1. The molecule has 0 saturated carbocycles. The number of amides is 1. The summed E-state index contributed by atoms with van der Waals surface area (Å²) in [6.45, 7) is 2.58. The van der Waals surface area contributed by atoms with Crippen molar-refractivity contribution in [3.05, 3.63) is 65.2 Å². The summed E-state index contributed by atoms with van der Waals surface area (Å²) < 4.78 is 5.58. The SMILES string of the molecule is Cc1cccc(CC(CNC(=O)C2CCOc3ccccc32)C(=O)O)c1. The Kier molecular flexibility index (Phi) is 5.56. The Morgan fingerprint density at radius 3 is 2.81 bits per heavy atom. The predicted molar refractivity (Wildman–Crippen MR) is 98.3 cm³/mol. The molecule has 2 aromatic rings. The molecule has 0 fully saturated rings. The topological polar surface area (TPSA) is 75.6 Å². The number of ether oxygens (including phenoxy) is 1. The molecule has 2 atom stereocenters. The van der Waals surface area contributed by atoms with Crippen LogP contribution in [0.2, 0.25) is 0 Å². The first kappa shape index (κ1) is 18.0. The van der Waals surface area contributed by atoms with Crippen LogP contribution in [0.4, 0.5) is 0 Å². The number of carboxylic acid groups (broad SMARTS) is 1. The lowest BCUT2D eigenvalue weighted by Gasteiger charge is -2.25. The average molecular weight is 353 g/mol. The van der Waals surface area contributed by atoms with Crippen molar-refractivity contribution in [1.29, 1.82) is 0 Å². The molecule has 0 aromatic heterocycles. The molecule has 136 valence electrons. The van der Waals surface area contributed by atoms with Gasteiger partial charge in [-0.15, -0.1) is 0 Å². The number of nitrogens with one attached hydrogen (secondary N) is 1. The van der Waals surface area contributed by atoms with Gasteiger partial charge in [0.2, 0.25) is 5.91 Å². The van der Waals surface area contributed by atoms with E-state index in [-0.39, 0.29) is 18.4 Å². The molecule has 2 N–H and O–H groups in total. The highest BCUT2D eigenvalue weighted by atomic mass is 16.5. The van der Waals surface area contributed by atoms with Crippen molar-refractivity contribution >= 4 is 11.9 Å². The van der Waals surface area contributed by atoms with Gasteiger partial charge in [-0.05, 0) is 31.4 Å². The standard InChI is InChI=1S/C21H23NO4/c1-14-5-4-6-15(11-14)12-16(21(24)25)13-22-20(23)18-9-10-26-19-8-3-2-7-17(18)19/h2-8,11,16,18H,9-10,12-13H2,1H3,(H,22,23)(H,24,25). The summed E-state index contributed by atoms with van der Waals surface area (Å²) in [6, 6.07) is 15.3. The summed E-state index contributed by atoms with van der Waals surface area (Å²) in [4.78, 5) is 24.2. The lowest BCUT2D eigenvalue weighted by atomic mass is 9.92. The van der Waals surface area contributed by atoms with Gasteiger partial charge < -0.3 is 15.2 Å². The van der Waals surface area contributed by atoms with E-state index in [1.54, 1.807) is 0 Å². The van der Waals surface area contributed by atoms with Crippen molar-refractivity contribution in [2.24, 2.45) is 5.92 Å². The monoisotopic (exact) mass is 353 g/mol. The Balaban J connectivity index is 1.64. The molecule has 5 nitrogen and oxygen atoms in total. The van der Waals surface area contributed by atoms with Crippen molar-refractivity contribution < 1.29 is 19.4 Å². The Hall–Kier alpha value is -2.82. The van der Waals surface area contributed by atoms with Gasteiger partial charge in [0, 0.05) is 12.1 Å². The van der Waals surface area contributed by atoms with E-state index in [2.05, 4.69) is 5.32 Å². The first-order valence-corrected chi connectivity index (χ1v) is 8.82. The number of carbonyl (C=O) groups excluding carboxylic acids is 1. The summed E-state index contributed by atoms with van der Waals surface area (Å²) >= 11 is 0. The number of carbonyl (C=O) groups is 2. The second-order valence-corrected chi connectivity index (χ2v) is 6.70. The Morgan fingerprint density at radius 1 is 1.23 bits per heavy atom. The van der Waals surface area contributed by atoms with Gasteiger partial charge in [0.25, 0.3) is 0 Å². The smallest absolute Gasteiger partial charge is 0.308 e. The van der Waals surface area contributed by atoms with Crippen LogP contribution in [0.1, 0.15) is 29.0 Å². The fraction of sp³-hybridized carbons (Fsp3) is 0.333. The van der Waals surface area contributed by atoms with Gasteiger partial charge in [0.1, 0.15) is 5.75 Å². The maximum Gasteiger partial charge on any atom is 0.308 e. The van der Waals surface area contributed by atoms with Crippen LogP contribution in [0.5, 0.6) is 5.75 Å². The van der Waals surface area contributed by atoms with Crippen molar-refractivity contribution in [3.8, 4) is 5.75 Å². The lowest BCUT2D eigenvalue weighted by molar-refractivity contribution is -0.141. The highest BCUT2D eigenvalue weighted by molar-refractivity contribution is 5.85. The van der Waals surface area contributed by atoms with Gasteiger partial charge >= 0.3 is 5.97 Å². The third kappa shape index (κ3) is 4.23. The molecule has 2 unspecified atom stereocenters. The van der Waals surface area contributed by atoms with Gasteiger partial charge in [0.05, 0.1) is 18.4 Å². The van der Waals surface area contributed by atoms with Crippen molar-refractivity contribution in [1.82, 2.24) is 5.32 Å². The van der Waals surface area contributed by atoms with E-state index in [1.165, 1.54) is 0 Å². The zero-order valence-corrected chi connectivity index (χ0v) is 14.8. The minimum Gasteiger partial charge on any atom is -0.493 e. The molecule has 1 heterocycles. The average Bonchev–Trinajstić information content (AvgIpc) is 2.64. The van der Waals surface area contributed by atoms with Gasteiger partial charge in [-0.3, -0.25) is 9.59 Å². The van der Waals surface area contributed by atoms with Crippen LogP contribution in [0.25, 0.3) is 0 Å². The zero-order chi connectivity index (χ0) is 18.5. The molecule has 1 amide bonds. The van der Waals surface area contributed by atoms with E-state index in [0.29, 0.717) is 19.4 Å². The molecule has 0 radical (unpaired) electrons. The van der Waals surface area contributed by atoms with Crippen LogP contribution in [0.15, 0.2) is 48.5 Å². The zero-order valence-electron chi connectivity index (χ0n) is 14.8. The van der Waals surface area contributed by atoms with Crippen LogP contribution in [-0.4, -0.2) is 30.1 Å². The molecule has 3 rings (SSSR count). The predicted octanol–water partition coefficient (Wildman–Crippen LogP) is 2.92. The quantitative estimate of drug-likeness (QED) is 0.837. The summed E-state index contributed by atoms with van der Waals surface area (Å²) in [5.74, 6) is -1.27. The first-order valence-electron chi connectivity index (χ1n) is 8.82. The number of aliphatic carboxylic acids is 1. The third-order valence-electron chi connectivity index (χ3n) is 4.71. The number of benzene rings is 2. The van der Waals surface area contributed by atoms with E-state index in [0.717, 1.165) is 22.4 Å². The molecule has 26 heavy (non-hydrogen) atoms. The Morgan fingerprint density at radius 2 is 2.04 bits per heavy atom. The van der Waals surface area contributed by atoms with Gasteiger partial charge in [-0.2, -0.15) is 0 Å². The van der Waals surface area contributed by atoms with Gasteiger partial charge in [0.15, 0.2) is 0 Å². The highest BCUT2D eigenvalue weighted by Crippen LogP contribution is 2.33. The van der Waals surface area contributed by atoms with Crippen LogP contribution in [-0.2, 0) is 16.0 Å². The minimum atomic E-state index is -0.904. The summed E-state index contributed by atoms with van der Waals surface area (Å²) in [5, 5.41) is 12.3. The first-order chi connectivity index (χ1) is 12.5. The van der Waals surface area contributed by atoms with Crippen LogP contribution >= 0.6 is 0 Å². The normalized spacial score (nSPS) is 16.9. The molecule has 5 heteroatoms. The third-order valence-corrected chi connectivity index (χ3v) is 4.71. The van der Waals surface area contributed by atoms with Crippen molar-refractivity contribution in [2.45, 2.75) is 25.7 Å². The fourth-order valence-corrected chi connectivity index (χ4v) is 3.33. The molecule has 0 saturated heterocycles. The fourth-order valence-electron chi connectivity index (χ4n) is 3.33. The number of aryl methyl sites for hydroxylation is 1. The van der Waals surface area contributed by atoms with E-state index in [1.807, 2.05) is 55.5 Å². The van der Waals surface area contributed by atoms with Crippen LogP contribution in [0, 0.1) is 12.8 Å². The number of rotatable bonds is 6. The highest BCUT2D eigenvalue weighted by Gasteiger charge is 2.28. The summed E-state index contributed by atoms with van der Waals surface area (Å²) in [6.07, 6.45) is 0.986. The molecule has 2 aromatic carbocycles. The van der Waals surface area contributed by atoms with E-state index in [9.17, 15) is 14.7 Å². The molecular weight excluding hydrogens is 330 g/mol. The molecule has 0 aliphatic carbocycles. The van der Waals surface area contributed by atoms with E-state index in [4.69, 9.17) is 4.74 Å². The van der Waals surface area contributed by atoms with Gasteiger partial charge in [-0.25, -0.2) is 0 Å². The lowest BCUT2D eigenvalue weighted by Crippen LogP contribution is -2.38. The van der Waals surface area contributed by atoms with Crippen LogP contribution in [0.3, 0.4) is 0 Å². The second-order valence-electron chi connectivity index (χ2n) is 6.70. The molecule has 0 spiro atoms. The maximum atomic E-state index is 12.6. The maximum absolute atomic E-state index is 12.6. The summed E-state index contributed by atoms with van der Waals surface area (Å²) in [5.41, 5.74) is 2.92. The number of hydrogen-bond donors (Lipinski definition) is 2. The Bertz CT molecular complexity index is 802. The van der Waals surface area contributed by atoms with E-state index >= 15 is 0 Å². The van der Waals surface area contributed by atoms with Crippen molar-refractivity contribution in [2.75, 3.05) is 13.2 Å². The van der Waals surface area contributed by atoms with Gasteiger partial charge in [-0.1, -0.05) is 48.0 Å². The number of hydrogen-bond acceptors (Lipinski definition) is 3. The van der Waals surface area contributed by atoms with Crippen LogP contribution < -0.4 is 10.1 Å².